The number of rotatable bonds is 3. The maximum Gasteiger partial charge on any atom is 0.342 e. The summed E-state index contributed by atoms with van der Waals surface area (Å²) in [4.78, 5) is 24.1. The van der Waals surface area contributed by atoms with Crippen LogP contribution in [-0.2, 0) is 23.2 Å². The summed E-state index contributed by atoms with van der Waals surface area (Å²) >= 11 is 0. The Balaban J connectivity index is 2.79. The third-order valence-electron chi connectivity index (χ3n) is 1.65. The Hall–Kier alpha value is -1.92. The standard InChI is InChI=1S/C7H9N3O4/c1-5(11)14-4-6-8-3-7(9(6)2)10(12)13/h3H,4H2,1-2H3. The number of carbonyl (C=O) groups is 1. The molecule has 0 aliphatic heterocycles. The maximum atomic E-state index is 10.5. The first-order valence-corrected chi connectivity index (χ1v) is 3.80. The lowest BCUT2D eigenvalue weighted by molar-refractivity contribution is -0.391. The van der Waals surface area contributed by atoms with Crippen molar-refractivity contribution in [3.05, 3.63) is 22.1 Å². The van der Waals surface area contributed by atoms with Gasteiger partial charge in [-0.25, -0.2) is 9.55 Å². The van der Waals surface area contributed by atoms with Gasteiger partial charge in [-0.15, -0.1) is 0 Å². The third kappa shape index (κ3) is 2.06. The summed E-state index contributed by atoms with van der Waals surface area (Å²) in [6.45, 7) is 1.21. The van der Waals surface area contributed by atoms with Gasteiger partial charge in [0.05, 0.1) is 7.05 Å². The molecule has 0 amide bonds. The van der Waals surface area contributed by atoms with Gasteiger partial charge in [-0.3, -0.25) is 4.79 Å². The van der Waals surface area contributed by atoms with E-state index in [4.69, 9.17) is 0 Å². The quantitative estimate of drug-likeness (QED) is 0.399. The molecule has 0 aliphatic carbocycles. The first-order chi connectivity index (χ1) is 6.52. The zero-order valence-electron chi connectivity index (χ0n) is 7.76. The van der Waals surface area contributed by atoms with Gasteiger partial charge in [-0.05, 0) is 4.92 Å². The largest absolute Gasteiger partial charge is 0.455 e. The second-order valence-corrected chi connectivity index (χ2v) is 2.63. The van der Waals surface area contributed by atoms with Gasteiger partial charge < -0.3 is 14.9 Å². The van der Waals surface area contributed by atoms with Gasteiger partial charge in [0.25, 0.3) is 0 Å². The van der Waals surface area contributed by atoms with Crippen LogP contribution in [0, 0.1) is 10.1 Å². The molecule has 14 heavy (non-hydrogen) atoms. The molecule has 0 radical (unpaired) electrons. The Bertz CT molecular complexity index is 371. The highest BCUT2D eigenvalue weighted by atomic mass is 16.6. The Morgan fingerprint density at radius 1 is 1.79 bits per heavy atom. The van der Waals surface area contributed by atoms with Crippen LogP contribution in [0.3, 0.4) is 0 Å². The van der Waals surface area contributed by atoms with Crippen molar-refractivity contribution >= 4 is 11.8 Å². The SMILES string of the molecule is CC(=O)OCc1ncc([N+](=O)[O-])n1C. The molecule has 1 heterocycles. The van der Waals surface area contributed by atoms with Crippen LogP contribution in [0.5, 0.6) is 0 Å². The molecule has 7 nitrogen and oxygen atoms in total. The van der Waals surface area contributed by atoms with Crippen LogP contribution >= 0.6 is 0 Å². The minimum Gasteiger partial charge on any atom is -0.455 e. The molecule has 0 unspecified atom stereocenters. The van der Waals surface area contributed by atoms with E-state index < -0.39 is 10.9 Å². The summed E-state index contributed by atoms with van der Waals surface area (Å²) in [5.74, 6) is -0.241. The van der Waals surface area contributed by atoms with Crippen LogP contribution in [0.15, 0.2) is 6.20 Å². The van der Waals surface area contributed by atoms with Crippen molar-refractivity contribution in [3.63, 3.8) is 0 Å². The number of aromatic nitrogens is 2. The number of carbonyl (C=O) groups excluding carboxylic acids is 1. The fraction of sp³-hybridized carbons (Fsp3) is 0.429. The summed E-state index contributed by atoms with van der Waals surface area (Å²) < 4.78 is 5.92. The first-order valence-electron chi connectivity index (χ1n) is 3.80. The average Bonchev–Trinajstić information content (AvgIpc) is 2.43. The average molecular weight is 199 g/mol. The molecule has 0 aliphatic rings. The summed E-state index contributed by atoms with van der Waals surface area (Å²) in [5, 5.41) is 10.4. The molecular formula is C7H9N3O4. The second-order valence-electron chi connectivity index (χ2n) is 2.63. The van der Waals surface area contributed by atoms with E-state index in [-0.39, 0.29) is 12.4 Å². The minimum absolute atomic E-state index is 0.0559. The molecule has 1 rings (SSSR count). The van der Waals surface area contributed by atoms with Crippen molar-refractivity contribution < 1.29 is 14.5 Å². The fourth-order valence-electron chi connectivity index (χ4n) is 0.908. The zero-order valence-corrected chi connectivity index (χ0v) is 7.76. The van der Waals surface area contributed by atoms with E-state index in [2.05, 4.69) is 9.72 Å². The van der Waals surface area contributed by atoms with Gasteiger partial charge in [0.1, 0.15) is 6.20 Å². The Kier molecular flexibility index (Phi) is 2.80. The van der Waals surface area contributed by atoms with Crippen molar-refractivity contribution in [1.82, 2.24) is 9.55 Å². The van der Waals surface area contributed by atoms with E-state index in [1.54, 1.807) is 0 Å². The smallest absolute Gasteiger partial charge is 0.342 e. The highest BCUT2D eigenvalue weighted by Crippen LogP contribution is 2.11. The topological polar surface area (TPSA) is 87.3 Å². The molecule has 0 saturated heterocycles. The molecule has 0 fully saturated rings. The van der Waals surface area contributed by atoms with Crippen molar-refractivity contribution in [2.24, 2.45) is 7.05 Å². The number of imidazole rings is 1. The van der Waals surface area contributed by atoms with Crippen molar-refractivity contribution in [2.75, 3.05) is 0 Å². The first kappa shape index (κ1) is 10.2. The molecule has 0 saturated carbocycles. The van der Waals surface area contributed by atoms with Crippen molar-refractivity contribution in [2.45, 2.75) is 13.5 Å². The summed E-state index contributed by atoms with van der Waals surface area (Å²) in [6, 6.07) is 0. The number of hydrogen-bond acceptors (Lipinski definition) is 5. The molecule has 0 atom stereocenters. The number of hydrogen-bond donors (Lipinski definition) is 0. The van der Waals surface area contributed by atoms with Crippen LogP contribution in [0.4, 0.5) is 5.82 Å². The predicted octanol–water partition coefficient (Wildman–Crippen LogP) is 0.391. The van der Waals surface area contributed by atoms with E-state index in [0.29, 0.717) is 5.82 Å². The molecule has 0 N–H and O–H groups in total. The summed E-state index contributed by atoms with van der Waals surface area (Å²) in [7, 11) is 1.49. The van der Waals surface area contributed by atoms with Gasteiger partial charge in [0, 0.05) is 6.92 Å². The lowest BCUT2D eigenvalue weighted by atomic mass is 10.6. The number of nitro groups is 1. The van der Waals surface area contributed by atoms with Crippen LogP contribution in [0.2, 0.25) is 0 Å². The number of esters is 1. The molecule has 0 spiro atoms. The lowest BCUT2D eigenvalue weighted by Gasteiger charge is -1.98. The molecular weight excluding hydrogens is 190 g/mol. The van der Waals surface area contributed by atoms with E-state index in [1.807, 2.05) is 0 Å². The molecule has 76 valence electrons. The van der Waals surface area contributed by atoms with Crippen LogP contribution in [0.1, 0.15) is 12.7 Å². The molecule has 1 aromatic rings. The van der Waals surface area contributed by atoms with E-state index in [0.717, 1.165) is 6.20 Å². The highest BCUT2D eigenvalue weighted by molar-refractivity contribution is 5.65. The summed E-state index contributed by atoms with van der Waals surface area (Å²) in [5.41, 5.74) is 0. The van der Waals surface area contributed by atoms with Crippen molar-refractivity contribution in [3.8, 4) is 0 Å². The van der Waals surface area contributed by atoms with Crippen LogP contribution in [0.25, 0.3) is 0 Å². The Morgan fingerprint density at radius 2 is 2.43 bits per heavy atom. The Morgan fingerprint density at radius 3 is 2.86 bits per heavy atom. The highest BCUT2D eigenvalue weighted by Gasteiger charge is 2.16. The number of nitrogens with zero attached hydrogens (tertiary/aromatic N) is 3. The van der Waals surface area contributed by atoms with Gasteiger partial charge in [0.15, 0.2) is 6.61 Å². The fourth-order valence-corrected chi connectivity index (χ4v) is 0.908. The van der Waals surface area contributed by atoms with Gasteiger partial charge in [-0.2, -0.15) is 0 Å². The minimum atomic E-state index is -0.551. The van der Waals surface area contributed by atoms with E-state index in [1.165, 1.54) is 18.5 Å². The maximum absolute atomic E-state index is 10.5. The third-order valence-corrected chi connectivity index (χ3v) is 1.65. The summed E-state index contributed by atoms with van der Waals surface area (Å²) in [6.07, 6.45) is 1.12. The van der Waals surface area contributed by atoms with Gasteiger partial charge in [-0.1, -0.05) is 0 Å². The van der Waals surface area contributed by atoms with Gasteiger partial charge >= 0.3 is 11.8 Å². The van der Waals surface area contributed by atoms with Gasteiger partial charge in [0.2, 0.25) is 5.82 Å². The number of ether oxygens (including phenoxy) is 1. The molecule has 0 bridgehead atoms. The molecule has 7 heteroatoms. The van der Waals surface area contributed by atoms with Crippen LogP contribution < -0.4 is 0 Å². The monoisotopic (exact) mass is 199 g/mol. The predicted molar refractivity (Wildman–Crippen MR) is 45.3 cm³/mol. The molecule has 1 aromatic heterocycles. The second kappa shape index (κ2) is 3.86. The Labute approximate surface area is 79.5 Å². The normalized spacial score (nSPS) is 9.86. The van der Waals surface area contributed by atoms with Crippen LogP contribution in [-0.4, -0.2) is 20.4 Å². The van der Waals surface area contributed by atoms with E-state index in [9.17, 15) is 14.9 Å². The van der Waals surface area contributed by atoms with E-state index >= 15 is 0 Å². The zero-order chi connectivity index (χ0) is 10.7. The van der Waals surface area contributed by atoms with Crippen molar-refractivity contribution in [1.29, 1.82) is 0 Å². The lowest BCUT2D eigenvalue weighted by Crippen LogP contribution is -2.06. The molecule has 0 aromatic carbocycles.